The normalized spacial score (nSPS) is 16.6. The van der Waals surface area contributed by atoms with Crippen LogP contribution in [-0.4, -0.2) is 42.6 Å². The van der Waals surface area contributed by atoms with Crippen LogP contribution in [0.15, 0.2) is 18.2 Å². The molecule has 1 aromatic carbocycles. The molecule has 1 atom stereocenters. The fourth-order valence-corrected chi connectivity index (χ4v) is 1.83. The van der Waals surface area contributed by atoms with E-state index in [1.807, 2.05) is 12.1 Å². The number of aliphatic hydroxyl groups is 2. The molecule has 0 fully saturated rings. The predicted octanol–water partition coefficient (Wildman–Crippen LogP) is -0.0332. The standard InChI is InChI=1S/C12H19N3O2/c16-8-11(17)7-15-10-1-2-12-9(5-10)6-13-3-4-14-12/h1-2,5,11,13-17H,3-4,6-8H2. The molecule has 0 radical (unpaired) electrons. The lowest BCUT2D eigenvalue weighted by Crippen LogP contribution is -2.23. The van der Waals surface area contributed by atoms with E-state index in [0.29, 0.717) is 6.54 Å². The Morgan fingerprint density at radius 1 is 1.35 bits per heavy atom. The SMILES string of the molecule is OCC(O)CNc1ccc2c(c1)CNCCN2. The zero-order valence-corrected chi connectivity index (χ0v) is 9.74. The number of rotatable bonds is 4. The van der Waals surface area contributed by atoms with Crippen molar-refractivity contribution in [1.82, 2.24) is 5.32 Å². The molecule has 1 unspecified atom stereocenters. The predicted molar refractivity (Wildman–Crippen MR) is 68.2 cm³/mol. The first-order valence-electron chi connectivity index (χ1n) is 5.90. The van der Waals surface area contributed by atoms with Crippen molar-refractivity contribution in [3.63, 3.8) is 0 Å². The van der Waals surface area contributed by atoms with Gasteiger partial charge in [-0.15, -0.1) is 0 Å². The van der Waals surface area contributed by atoms with Gasteiger partial charge in [-0.25, -0.2) is 0 Å². The van der Waals surface area contributed by atoms with Gasteiger partial charge < -0.3 is 26.2 Å². The Labute approximate surface area is 101 Å². The van der Waals surface area contributed by atoms with Crippen molar-refractivity contribution in [3.05, 3.63) is 23.8 Å². The molecule has 2 rings (SSSR count). The summed E-state index contributed by atoms with van der Waals surface area (Å²) in [7, 11) is 0. The molecule has 0 bridgehead atoms. The quantitative estimate of drug-likeness (QED) is 0.508. The van der Waals surface area contributed by atoms with E-state index in [1.165, 1.54) is 5.56 Å². The molecule has 0 spiro atoms. The van der Waals surface area contributed by atoms with Crippen LogP contribution in [0.2, 0.25) is 0 Å². The molecule has 0 aromatic heterocycles. The number of aliphatic hydroxyl groups excluding tert-OH is 2. The molecule has 1 aliphatic rings. The second-order valence-electron chi connectivity index (χ2n) is 4.19. The zero-order chi connectivity index (χ0) is 12.1. The molecule has 5 nitrogen and oxygen atoms in total. The van der Waals surface area contributed by atoms with Crippen LogP contribution in [0, 0.1) is 0 Å². The first-order chi connectivity index (χ1) is 8.29. The van der Waals surface area contributed by atoms with Gasteiger partial charge in [0, 0.05) is 37.6 Å². The van der Waals surface area contributed by atoms with Gasteiger partial charge in [0.25, 0.3) is 0 Å². The summed E-state index contributed by atoms with van der Waals surface area (Å²) in [5.74, 6) is 0. The van der Waals surface area contributed by atoms with Crippen LogP contribution in [0.1, 0.15) is 5.56 Å². The van der Waals surface area contributed by atoms with E-state index < -0.39 is 6.10 Å². The summed E-state index contributed by atoms with van der Waals surface area (Å²) in [4.78, 5) is 0. The fraction of sp³-hybridized carbons (Fsp3) is 0.500. The molecule has 5 heteroatoms. The third kappa shape index (κ3) is 3.33. The highest BCUT2D eigenvalue weighted by atomic mass is 16.3. The number of hydrogen-bond donors (Lipinski definition) is 5. The van der Waals surface area contributed by atoms with Crippen LogP contribution in [0.5, 0.6) is 0 Å². The fourth-order valence-electron chi connectivity index (χ4n) is 1.83. The maximum atomic E-state index is 9.27. The molecule has 0 aliphatic carbocycles. The Balaban J connectivity index is 2.02. The van der Waals surface area contributed by atoms with Crippen LogP contribution in [0.3, 0.4) is 0 Å². The molecular formula is C12H19N3O2. The second-order valence-corrected chi connectivity index (χ2v) is 4.19. The number of anilines is 2. The van der Waals surface area contributed by atoms with Crippen molar-refractivity contribution < 1.29 is 10.2 Å². The van der Waals surface area contributed by atoms with Crippen molar-refractivity contribution in [1.29, 1.82) is 0 Å². The van der Waals surface area contributed by atoms with Crippen LogP contribution in [0.4, 0.5) is 11.4 Å². The van der Waals surface area contributed by atoms with Gasteiger partial charge in [-0.1, -0.05) is 0 Å². The second kappa shape index (κ2) is 5.86. The molecule has 1 aromatic rings. The zero-order valence-electron chi connectivity index (χ0n) is 9.74. The Hall–Kier alpha value is -1.30. The molecule has 0 saturated heterocycles. The van der Waals surface area contributed by atoms with E-state index in [0.717, 1.165) is 31.0 Å². The molecule has 0 amide bonds. The van der Waals surface area contributed by atoms with Gasteiger partial charge >= 0.3 is 0 Å². The van der Waals surface area contributed by atoms with Crippen LogP contribution in [0.25, 0.3) is 0 Å². The first-order valence-corrected chi connectivity index (χ1v) is 5.90. The number of benzene rings is 1. The topological polar surface area (TPSA) is 76.5 Å². The summed E-state index contributed by atoms with van der Waals surface area (Å²) in [6, 6.07) is 6.07. The summed E-state index contributed by atoms with van der Waals surface area (Å²) in [6.45, 7) is 2.88. The monoisotopic (exact) mass is 237 g/mol. The van der Waals surface area contributed by atoms with Gasteiger partial charge in [0.15, 0.2) is 0 Å². The van der Waals surface area contributed by atoms with Crippen LogP contribution < -0.4 is 16.0 Å². The highest BCUT2D eigenvalue weighted by Gasteiger charge is 2.08. The van der Waals surface area contributed by atoms with E-state index in [2.05, 4.69) is 22.0 Å². The first kappa shape index (κ1) is 12.2. The minimum absolute atomic E-state index is 0.221. The average Bonchev–Trinajstić information content (AvgIpc) is 2.60. The van der Waals surface area contributed by atoms with Gasteiger partial charge in [-0.2, -0.15) is 0 Å². The summed E-state index contributed by atoms with van der Waals surface area (Å²) in [5.41, 5.74) is 3.33. The molecule has 94 valence electrons. The Bertz CT molecular complexity index is 371. The lowest BCUT2D eigenvalue weighted by Gasteiger charge is -2.13. The Morgan fingerprint density at radius 3 is 3.06 bits per heavy atom. The highest BCUT2D eigenvalue weighted by Crippen LogP contribution is 2.21. The molecule has 1 heterocycles. The smallest absolute Gasteiger partial charge is 0.0942 e. The summed E-state index contributed by atoms with van der Waals surface area (Å²) < 4.78 is 0. The summed E-state index contributed by atoms with van der Waals surface area (Å²) >= 11 is 0. The molecule has 5 N–H and O–H groups in total. The number of nitrogens with one attached hydrogen (secondary N) is 3. The van der Waals surface area contributed by atoms with Gasteiger partial charge in [0.05, 0.1) is 12.7 Å². The van der Waals surface area contributed by atoms with Crippen molar-refractivity contribution in [2.24, 2.45) is 0 Å². The minimum Gasteiger partial charge on any atom is -0.394 e. The minimum atomic E-state index is -0.718. The molecular weight excluding hydrogens is 218 g/mol. The largest absolute Gasteiger partial charge is 0.394 e. The van der Waals surface area contributed by atoms with Crippen molar-refractivity contribution in [2.75, 3.05) is 36.9 Å². The van der Waals surface area contributed by atoms with Crippen LogP contribution >= 0.6 is 0 Å². The van der Waals surface area contributed by atoms with Gasteiger partial charge in [-0.3, -0.25) is 0 Å². The third-order valence-corrected chi connectivity index (χ3v) is 2.79. The Morgan fingerprint density at radius 2 is 2.24 bits per heavy atom. The highest BCUT2D eigenvalue weighted by molar-refractivity contribution is 5.60. The van der Waals surface area contributed by atoms with E-state index >= 15 is 0 Å². The molecule has 17 heavy (non-hydrogen) atoms. The van der Waals surface area contributed by atoms with Gasteiger partial charge in [-0.05, 0) is 23.8 Å². The molecule has 1 aliphatic heterocycles. The van der Waals surface area contributed by atoms with Crippen molar-refractivity contribution in [3.8, 4) is 0 Å². The maximum Gasteiger partial charge on any atom is 0.0942 e. The lowest BCUT2D eigenvalue weighted by molar-refractivity contribution is 0.105. The van der Waals surface area contributed by atoms with Crippen molar-refractivity contribution in [2.45, 2.75) is 12.6 Å². The summed E-state index contributed by atoms with van der Waals surface area (Å²) in [5, 5.41) is 27.8. The summed E-state index contributed by atoms with van der Waals surface area (Å²) in [6.07, 6.45) is -0.718. The third-order valence-electron chi connectivity index (χ3n) is 2.79. The average molecular weight is 237 g/mol. The molecule has 0 saturated carbocycles. The van der Waals surface area contributed by atoms with E-state index in [-0.39, 0.29) is 6.61 Å². The van der Waals surface area contributed by atoms with E-state index in [1.54, 1.807) is 0 Å². The number of fused-ring (bicyclic) bond motifs is 1. The van der Waals surface area contributed by atoms with E-state index in [4.69, 9.17) is 5.11 Å². The number of hydrogen-bond acceptors (Lipinski definition) is 5. The van der Waals surface area contributed by atoms with Crippen molar-refractivity contribution >= 4 is 11.4 Å². The lowest BCUT2D eigenvalue weighted by atomic mass is 10.1. The van der Waals surface area contributed by atoms with Gasteiger partial charge in [0.2, 0.25) is 0 Å². The van der Waals surface area contributed by atoms with E-state index in [9.17, 15) is 5.11 Å². The van der Waals surface area contributed by atoms with Crippen LogP contribution in [-0.2, 0) is 6.54 Å². The van der Waals surface area contributed by atoms with Gasteiger partial charge in [0.1, 0.15) is 0 Å². The maximum absolute atomic E-state index is 9.27. The Kier molecular flexibility index (Phi) is 4.19.